The normalized spacial score (nSPS) is 54.6. The summed E-state index contributed by atoms with van der Waals surface area (Å²) >= 11 is 0. The average molecular weight is 375 g/mol. The largest absolute Gasteiger partial charge is 0.458 e. The number of aliphatic hydroxyl groups excluding tert-OH is 2. The smallest absolute Gasteiger partial charge is 0.331 e. The molecule has 4 nitrogen and oxygen atoms in total. The number of carbonyl (C=O) groups excluding carboxylic acids is 1. The number of hydrogen-bond donors (Lipinski definition) is 2. The van der Waals surface area contributed by atoms with E-state index in [-0.39, 0.29) is 34.9 Å². The zero-order chi connectivity index (χ0) is 19.0. The van der Waals surface area contributed by atoms with E-state index in [0.717, 1.165) is 32.1 Å². The van der Waals surface area contributed by atoms with E-state index in [1.807, 2.05) is 0 Å². The van der Waals surface area contributed by atoms with Crippen LogP contribution in [0.15, 0.2) is 11.6 Å². The third-order valence-electron chi connectivity index (χ3n) is 9.78. The van der Waals surface area contributed by atoms with Gasteiger partial charge in [0.1, 0.15) is 6.61 Å². The van der Waals surface area contributed by atoms with Gasteiger partial charge in [0.25, 0.3) is 0 Å². The van der Waals surface area contributed by atoms with E-state index < -0.39 is 0 Å². The molecule has 27 heavy (non-hydrogen) atoms. The summed E-state index contributed by atoms with van der Waals surface area (Å²) in [6.45, 7) is 5.34. The van der Waals surface area contributed by atoms with Gasteiger partial charge < -0.3 is 14.9 Å². The first kappa shape index (κ1) is 18.2. The van der Waals surface area contributed by atoms with Crippen molar-refractivity contribution < 1.29 is 19.7 Å². The highest BCUT2D eigenvalue weighted by atomic mass is 16.5. The lowest BCUT2D eigenvalue weighted by Gasteiger charge is -2.62. The lowest BCUT2D eigenvalue weighted by Crippen LogP contribution is -2.58. The molecule has 0 saturated heterocycles. The molecule has 0 amide bonds. The number of rotatable bonds is 1. The van der Waals surface area contributed by atoms with Crippen molar-refractivity contribution in [2.45, 2.75) is 77.4 Å². The maximum atomic E-state index is 11.6. The number of fused-ring (bicyclic) bond motifs is 5. The predicted octanol–water partition coefficient (Wildman–Crippen LogP) is 3.46. The van der Waals surface area contributed by atoms with Crippen molar-refractivity contribution in [2.75, 3.05) is 6.61 Å². The highest BCUT2D eigenvalue weighted by molar-refractivity contribution is 5.85. The van der Waals surface area contributed by atoms with Crippen LogP contribution < -0.4 is 0 Å². The Morgan fingerprint density at radius 3 is 2.44 bits per heavy atom. The lowest BCUT2D eigenvalue weighted by molar-refractivity contribution is -0.169. The van der Waals surface area contributed by atoms with E-state index in [9.17, 15) is 15.0 Å². The minimum Gasteiger partial charge on any atom is -0.458 e. The molecule has 4 saturated carbocycles. The second-order valence-corrected chi connectivity index (χ2v) is 10.7. The molecule has 1 heterocycles. The van der Waals surface area contributed by atoms with Crippen LogP contribution in [0.5, 0.6) is 0 Å². The minimum absolute atomic E-state index is 0.171. The molecular weight excluding hydrogens is 340 g/mol. The van der Waals surface area contributed by atoms with Crippen LogP contribution in [0.1, 0.15) is 65.2 Å². The molecule has 4 heteroatoms. The molecule has 0 aromatic carbocycles. The lowest BCUT2D eigenvalue weighted by atomic mass is 9.44. The van der Waals surface area contributed by atoms with Gasteiger partial charge in [0, 0.05) is 6.08 Å². The Morgan fingerprint density at radius 2 is 1.70 bits per heavy atom. The number of cyclic esters (lactones) is 1. The summed E-state index contributed by atoms with van der Waals surface area (Å²) in [5.41, 5.74) is 1.62. The first-order valence-corrected chi connectivity index (χ1v) is 11.1. The second-order valence-electron chi connectivity index (χ2n) is 10.7. The molecule has 0 aromatic rings. The third-order valence-corrected chi connectivity index (χ3v) is 9.78. The van der Waals surface area contributed by atoms with Crippen molar-refractivity contribution >= 4 is 5.97 Å². The van der Waals surface area contributed by atoms with Crippen molar-refractivity contribution in [3.05, 3.63) is 11.6 Å². The van der Waals surface area contributed by atoms with Gasteiger partial charge in [-0.3, -0.25) is 0 Å². The molecule has 1 aliphatic heterocycles. The molecule has 150 valence electrons. The van der Waals surface area contributed by atoms with Crippen LogP contribution in [0.25, 0.3) is 0 Å². The summed E-state index contributed by atoms with van der Waals surface area (Å²) in [6.07, 6.45) is 9.68. The zero-order valence-corrected chi connectivity index (χ0v) is 16.7. The molecule has 4 fully saturated rings. The fraction of sp³-hybridized carbons (Fsp3) is 0.870. The highest BCUT2D eigenvalue weighted by Gasteiger charge is 2.62. The summed E-state index contributed by atoms with van der Waals surface area (Å²) in [5, 5.41) is 21.2. The maximum absolute atomic E-state index is 11.6. The topological polar surface area (TPSA) is 66.8 Å². The zero-order valence-electron chi connectivity index (χ0n) is 16.7. The Bertz CT molecular complexity index is 671. The van der Waals surface area contributed by atoms with Gasteiger partial charge in [-0.05, 0) is 97.4 Å². The van der Waals surface area contributed by atoms with Crippen LogP contribution in [-0.4, -0.2) is 35.0 Å². The first-order chi connectivity index (χ1) is 12.8. The van der Waals surface area contributed by atoms with Crippen LogP contribution in [0.2, 0.25) is 0 Å². The fourth-order valence-corrected chi connectivity index (χ4v) is 8.48. The summed E-state index contributed by atoms with van der Waals surface area (Å²) in [4.78, 5) is 11.6. The number of hydrogen-bond acceptors (Lipinski definition) is 4. The van der Waals surface area contributed by atoms with Gasteiger partial charge in [0.2, 0.25) is 0 Å². The molecule has 4 aliphatic carbocycles. The van der Waals surface area contributed by atoms with Crippen molar-refractivity contribution in [1.82, 2.24) is 0 Å². The molecule has 5 rings (SSSR count). The van der Waals surface area contributed by atoms with Gasteiger partial charge in [-0.2, -0.15) is 0 Å². The minimum atomic E-state index is -0.275. The monoisotopic (exact) mass is 374 g/mol. The van der Waals surface area contributed by atoms with Crippen molar-refractivity contribution in [3.63, 3.8) is 0 Å². The summed E-state index contributed by atoms with van der Waals surface area (Å²) in [7, 11) is 0. The van der Waals surface area contributed by atoms with Gasteiger partial charge in [0.15, 0.2) is 0 Å². The first-order valence-electron chi connectivity index (χ1n) is 11.1. The van der Waals surface area contributed by atoms with Crippen LogP contribution in [-0.2, 0) is 9.53 Å². The van der Waals surface area contributed by atoms with E-state index in [1.54, 1.807) is 6.08 Å². The molecule has 0 spiro atoms. The van der Waals surface area contributed by atoms with E-state index >= 15 is 0 Å². The SMILES string of the molecule is CC12CCC3C(CC(O)C4CC(O)CCC43C)C1CCC2C1=CC(=O)OC1. The Morgan fingerprint density at radius 1 is 0.963 bits per heavy atom. The average Bonchev–Trinajstić information content (AvgIpc) is 3.19. The molecular formula is C23H34O4. The van der Waals surface area contributed by atoms with E-state index in [1.165, 1.54) is 24.8 Å². The van der Waals surface area contributed by atoms with Crippen LogP contribution in [0.4, 0.5) is 0 Å². The van der Waals surface area contributed by atoms with Gasteiger partial charge in [0.05, 0.1) is 12.2 Å². The Balaban J connectivity index is 1.44. The second kappa shape index (κ2) is 6.06. The van der Waals surface area contributed by atoms with Crippen molar-refractivity contribution in [3.8, 4) is 0 Å². The quantitative estimate of drug-likeness (QED) is 0.690. The Labute approximate surface area is 162 Å². The number of aliphatic hydroxyl groups is 2. The summed E-state index contributed by atoms with van der Waals surface area (Å²) in [5.74, 6) is 2.44. The predicted molar refractivity (Wildman–Crippen MR) is 102 cm³/mol. The van der Waals surface area contributed by atoms with Gasteiger partial charge >= 0.3 is 5.97 Å². The molecule has 0 radical (unpaired) electrons. The molecule has 2 N–H and O–H groups in total. The highest BCUT2D eigenvalue weighted by Crippen LogP contribution is 2.68. The van der Waals surface area contributed by atoms with Gasteiger partial charge in [-0.1, -0.05) is 13.8 Å². The number of carbonyl (C=O) groups is 1. The molecule has 0 bridgehead atoms. The Hall–Kier alpha value is -0.870. The van der Waals surface area contributed by atoms with Crippen LogP contribution in [0.3, 0.4) is 0 Å². The molecule has 9 unspecified atom stereocenters. The molecule has 5 aliphatic rings. The van der Waals surface area contributed by atoms with Gasteiger partial charge in [-0.25, -0.2) is 4.79 Å². The van der Waals surface area contributed by atoms with E-state index in [4.69, 9.17) is 4.74 Å². The maximum Gasteiger partial charge on any atom is 0.331 e. The third kappa shape index (κ3) is 2.51. The van der Waals surface area contributed by atoms with Crippen molar-refractivity contribution in [2.24, 2.45) is 40.4 Å². The molecule has 9 atom stereocenters. The number of ether oxygens (including phenoxy) is 1. The van der Waals surface area contributed by atoms with E-state index in [2.05, 4.69) is 13.8 Å². The number of esters is 1. The van der Waals surface area contributed by atoms with E-state index in [0.29, 0.717) is 30.3 Å². The summed E-state index contributed by atoms with van der Waals surface area (Å²) in [6, 6.07) is 0. The Kier molecular flexibility index (Phi) is 4.08. The van der Waals surface area contributed by atoms with Crippen molar-refractivity contribution in [1.29, 1.82) is 0 Å². The summed E-state index contributed by atoms with van der Waals surface area (Å²) < 4.78 is 5.23. The van der Waals surface area contributed by atoms with Crippen LogP contribution >= 0.6 is 0 Å². The van der Waals surface area contributed by atoms with Crippen LogP contribution in [0, 0.1) is 40.4 Å². The van der Waals surface area contributed by atoms with Gasteiger partial charge in [-0.15, -0.1) is 0 Å². The fourth-order valence-electron chi connectivity index (χ4n) is 8.48. The standard InChI is InChI=1S/C23H34O4/c1-22-8-6-18-15(11-20(25)19-10-14(24)5-7-23(18,19)2)17(22)4-3-16(22)13-9-21(26)27-12-13/h9,14-20,24-25H,3-8,10-12H2,1-2H3. The molecule has 0 aromatic heterocycles.